The number of hydrogen-bond acceptors (Lipinski definition) is 5. The normalized spacial score (nSPS) is 24.7. The number of carbonyl (C=O) groups excluding carboxylic acids is 1. The summed E-state index contributed by atoms with van der Waals surface area (Å²) >= 11 is 1.73. The lowest BCUT2D eigenvalue weighted by atomic mass is 9.94. The van der Waals surface area contributed by atoms with Crippen molar-refractivity contribution in [1.29, 1.82) is 0 Å². The Kier molecular flexibility index (Phi) is 3.52. The zero-order valence-corrected chi connectivity index (χ0v) is 14.6. The molecule has 3 heterocycles. The minimum atomic E-state index is 0.187. The molecule has 0 bridgehead atoms. The van der Waals surface area contributed by atoms with E-state index < -0.39 is 0 Å². The molecule has 5 nitrogen and oxygen atoms in total. The van der Waals surface area contributed by atoms with E-state index in [4.69, 9.17) is 0 Å². The lowest BCUT2D eigenvalue weighted by Crippen LogP contribution is -2.52. The highest BCUT2D eigenvalue weighted by Gasteiger charge is 2.40. The number of aromatic nitrogens is 2. The molecular weight excluding hydrogens is 308 g/mol. The van der Waals surface area contributed by atoms with Crippen LogP contribution in [0.2, 0.25) is 0 Å². The fraction of sp³-hybridized carbons (Fsp3) is 0.588. The average Bonchev–Trinajstić information content (AvgIpc) is 3.28. The van der Waals surface area contributed by atoms with Gasteiger partial charge in [-0.3, -0.25) is 4.79 Å². The molecule has 2 aromatic rings. The van der Waals surface area contributed by atoms with E-state index in [0.717, 1.165) is 28.3 Å². The molecule has 2 unspecified atom stereocenters. The second-order valence-electron chi connectivity index (χ2n) is 6.80. The fourth-order valence-electron chi connectivity index (χ4n) is 3.52. The molecule has 122 valence electrons. The van der Waals surface area contributed by atoms with Crippen molar-refractivity contribution in [1.82, 2.24) is 15.3 Å². The highest BCUT2D eigenvalue weighted by Crippen LogP contribution is 2.38. The molecule has 1 amide bonds. The minimum absolute atomic E-state index is 0.187. The maximum atomic E-state index is 11.8. The van der Waals surface area contributed by atoms with Crippen molar-refractivity contribution in [2.75, 3.05) is 5.32 Å². The summed E-state index contributed by atoms with van der Waals surface area (Å²) in [6.07, 6.45) is 3.91. The Bertz CT molecular complexity index is 780. The number of amides is 1. The molecule has 1 aliphatic carbocycles. The first-order valence-electron chi connectivity index (χ1n) is 8.33. The monoisotopic (exact) mass is 330 g/mol. The highest BCUT2D eigenvalue weighted by molar-refractivity contribution is 7.18. The van der Waals surface area contributed by atoms with Gasteiger partial charge in [-0.15, -0.1) is 11.3 Å². The molecule has 0 radical (unpaired) electrons. The summed E-state index contributed by atoms with van der Waals surface area (Å²) in [4.78, 5) is 23.4. The topological polar surface area (TPSA) is 66.9 Å². The number of carbonyl (C=O) groups is 1. The van der Waals surface area contributed by atoms with E-state index in [-0.39, 0.29) is 18.0 Å². The summed E-state index contributed by atoms with van der Waals surface area (Å²) in [7, 11) is 0. The van der Waals surface area contributed by atoms with Gasteiger partial charge in [-0.1, -0.05) is 0 Å². The lowest BCUT2D eigenvalue weighted by molar-refractivity contribution is -0.123. The van der Waals surface area contributed by atoms with Crippen LogP contribution >= 0.6 is 11.3 Å². The van der Waals surface area contributed by atoms with Crippen molar-refractivity contribution in [3.05, 3.63) is 16.3 Å². The van der Waals surface area contributed by atoms with Gasteiger partial charge in [-0.25, -0.2) is 9.97 Å². The lowest BCUT2D eigenvalue weighted by Gasteiger charge is -2.33. The van der Waals surface area contributed by atoms with Crippen LogP contribution in [0.15, 0.2) is 0 Å². The number of aryl methyl sites for hydroxylation is 3. The number of nitrogens with one attached hydrogen (secondary N) is 2. The molecule has 23 heavy (non-hydrogen) atoms. The molecule has 4 rings (SSSR count). The Hall–Kier alpha value is -1.69. The summed E-state index contributed by atoms with van der Waals surface area (Å²) in [5.41, 5.74) is 1.26. The second-order valence-corrected chi connectivity index (χ2v) is 8.01. The third-order valence-corrected chi connectivity index (χ3v) is 6.14. The Morgan fingerprint density at radius 1 is 1.17 bits per heavy atom. The predicted molar refractivity (Wildman–Crippen MR) is 92.9 cm³/mol. The summed E-state index contributed by atoms with van der Waals surface area (Å²) < 4.78 is 0. The maximum absolute atomic E-state index is 11.8. The van der Waals surface area contributed by atoms with E-state index in [9.17, 15) is 4.79 Å². The van der Waals surface area contributed by atoms with Crippen molar-refractivity contribution in [2.24, 2.45) is 5.92 Å². The van der Waals surface area contributed by atoms with Crippen LogP contribution in [0.4, 0.5) is 5.82 Å². The van der Waals surface area contributed by atoms with E-state index in [1.165, 1.54) is 23.3 Å². The molecular formula is C17H22N4OS. The van der Waals surface area contributed by atoms with E-state index in [2.05, 4.69) is 34.4 Å². The molecule has 1 saturated carbocycles. The maximum Gasteiger partial charge on any atom is 0.220 e. The largest absolute Gasteiger partial charge is 0.365 e. The fourth-order valence-corrected chi connectivity index (χ4v) is 4.60. The van der Waals surface area contributed by atoms with Crippen LogP contribution in [0.1, 0.15) is 41.9 Å². The number of nitrogens with zero attached hydrogens (tertiary/aromatic N) is 2. The van der Waals surface area contributed by atoms with Crippen LogP contribution in [0.5, 0.6) is 0 Å². The van der Waals surface area contributed by atoms with Gasteiger partial charge in [0.05, 0.1) is 11.4 Å². The van der Waals surface area contributed by atoms with Crippen LogP contribution in [-0.4, -0.2) is 28.0 Å². The van der Waals surface area contributed by atoms with Gasteiger partial charge in [0, 0.05) is 17.3 Å². The van der Waals surface area contributed by atoms with Crippen molar-refractivity contribution in [3.8, 4) is 0 Å². The molecule has 1 saturated heterocycles. The van der Waals surface area contributed by atoms with Gasteiger partial charge in [0.25, 0.3) is 0 Å². The van der Waals surface area contributed by atoms with Gasteiger partial charge in [0.1, 0.15) is 16.5 Å². The Labute approximate surface area is 139 Å². The molecule has 2 aromatic heterocycles. The number of piperidine rings is 1. The molecule has 2 aliphatic rings. The number of thiophene rings is 1. The molecule has 0 aromatic carbocycles. The smallest absolute Gasteiger partial charge is 0.220 e. The van der Waals surface area contributed by atoms with Gasteiger partial charge in [0.15, 0.2) is 0 Å². The molecule has 1 aliphatic heterocycles. The first-order chi connectivity index (χ1) is 11.0. The molecule has 2 fully saturated rings. The third-order valence-electron chi connectivity index (χ3n) is 5.04. The van der Waals surface area contributed by atoms with E-state index in [1.54, 1.807) is 11.3 Å². The van der Waals surface area contributed by atoms with Gasteiger partial charge in [-0.05, 0) is 51.5 Å². The number of fused-ring (bicyclic) bond motifs is 1. The summed E-state index contributed by atoms with van der Waals surface area (Å²) in [5.74, 6) is 2.54. The predicted octanol–water partition coefficient (Wildman–Crippen LogP) is 3.09. The van der Waals surface area contributed by atoms with Crippen LogP contribution in [-0.2, 0) is 4.79 Å². The van der Waals surface area contributed by atoms with E-state index >= 15 is 0 Å². The summed E-state index contributed by atoms with van der Waals surface area (Å²) in [6, 6.07) is 0.499. The quantitative estimate of drug-likeness (QED) is 0.907. The second kappa shape index (κ2) is 5.44. The Balaban J connectivity index is 1.70. The van der Waals surface area contributed by atoms with Crippen LogP contribution < -0.4 is 10.6 Å². The SMILES string of the molecule is Cc1nc(NC2CCC(=O)NC2C2CC2)c2c(C)c(C)sc2n1. The number of hydrogen-bond donors (Lipinski definition) is 2. The summed E-state index contributed by atoms with van der Waals surface area (Å²) in [5, 5.41) is 7.98. The van der Waals surface area contributed by atoms with Crippen LogP contribution in [0.25, 0.3) is 10.2 Å². The highest BCUT2D eigenvalue weighted by atomic mass is 32.1. The number of rotatable bonds is 3. The van der Waals surface area contributed by atoms with Crippen LogP contribution in [0.3, 0.4) is 0 Å². The molecule has 2 N–H and O–H groups in total. The zero-order chi connectivity index (χ0) is 16.1. The third kappa shape index (κ3) is 2.69. The molecule has 2 atom stereocenters. The van der Waals surface area contributed by atoms with Crippen molar-refractivity contribution in [2.45, 2.75) is 58.5 Å². The van der Waals surface area contributed by atoms with E-state index in [0.29, 0.717) is 12.3 Å². The van der Waals surface area contributed by atoms with Gasteiger partial charge in [0.2, 0.25) is 5.91 Å². The number of anilines is 1. The zero-order valence-electron chi connectivity index (χ0n) is 13.8. The van der Waals surface area contributed by atoms with Gasteiger partial charge in [-0.2, -0.15) is 0 Å². The van der Waals surface area contributed by atoms with Crippen molar-refractivity contribution < 1.29 is 4.79 Å². The minimum Gasteiger partial charge on any atom is -0.365 e. The van der Waals surface area contributed by atoms with Gasteiger partial charge < -0.3 is 10.6 Å². The van der Waals surface area contributed by atoms with E-state index in [1.807, 2.05) is 6.92 Å². The molecule has 0 spiro atoms. The standard InChI is InChI=1S/C17H22N4OS/c1-8-9(2)23-17-14(8)16(18-10(3)19-17)20-12-6-7-13(22)21-15(12)11-4-5-11/h11-12,15H,4-7H2,1-3H3,(H,21,22)(H,18,19,20). The van der Waals surface area contributed by atoms with Crippen molar-refractivity contribution >= 4 is 33.3 Å². The summed E-state index contributed by atoms with van der Waals surface area (Å²) in [6.45, 7) is 6.21. The van der Waals surface area contributed by atoms with Crippen molar-refractivity contribution in [3.63, 3.8) is 0 Å². The average molecular weight is 330 g/mol. The Morgan fingerprint density at radius 3 is 2.70 bits per heavy atom. The first kappa shape index (κ1) is 14.9. The Morgan fingerprint density at radius 2 is 1.96 bits per heavy atom. The van der Waals surface area contributed by atoms with Gasteiger partial charge >= 0.3 is 0 Å². The molecule has 6 heteroatoms. The first-order valence-corrected chi connectivity index (χ1v) is 9.15. The van der Waals surface area contributed by atoms with Crippen LogP contribution in [0, 0.1) is 26.7 Å².